The van der Waals surface area contributed by atoms with E-state index in [2.05, 4.69) is 5.32 Å². The van der Waals surface area contributed by atoms with Crippen LogP contribution < -0.4 is 14.4 Å². The Morgan fingerprint density at radius 1 is 0.830 bits per heavy atom. The van der Waals surface area contributed by atoms with Crippen LogP contribution in [0.5, 0.6) is 5.75 Å². The minimum Gasteiger partial charge on any atom is -0.494 e. The number of anilines is 1. The Morgan fingerprint density at radius 2 is 1.45 bits per heavy atom. The Balaban J connectivity index is 1.82. The molecule has 248 valence electrons. The van der Waals surface area contributed by atoms with Gasteiger partial charge in [-0.05, 0) is 87.4 Å². The summed E-state index contributed by atoms with van der Waals surface area (Å²) in [7, 11) is -4.22. The van der Waals surface area contributed by atoms with Crippen LogP contribution in [0.4, 0.5) is 5.69 Å². The molecule has 4 rings (SSSR count). The highest BCUT2D eigenvalue weighted by molar-refractivity contribution is 7.92. The van der Waals surface area contributed by atoms with Gasteiger partial charge in [-0.25, -0.2) is 8.42 Å². The smallest absolute Gasteiger partial charge is 0.264 e. The number of carbonyl (C=O) groups is 2. The first-order chi connectivity index (χ1) is 22.3. The van der Waals surface area contributed by atoms with Crippen LogP contribution in [-0.4, -0.2) is 49.9 Å². The fraction of sp³-hybridized carbons (Fsp3) is 0.278. The van der Waals surface area contributed by atoms with E-state index in [1.54, 1.807) is 60.7 Å². The van der Waals surface area contributed by atoms with Crippen LogP contribution in [0.1, 0.15) is 38.8 Å². The Morgan fingerprint density at radius 3 is 2.02 bits per heavy atom. The maximum Gasteiger partial charge on any atom is 0.264 e. The van der Waals surface area contributed by atoms with Gasteiger partial charge >= 0.3 is 0 Å². The minimum atomic E-state index is -4.22. The summed E-state index contributed by atoms with van der Waals surface area (Å²) in [6.45, 7) is 7.24. The number of carbonyl (C=O) groups excluding carboxylic acids is 2. The maximum atomic E-state index is 14.6. The molecule has 2 amide bonds. The van der Waals surface area contributed by atoms with E-state index in [0.717, 1.165) is 9.87 Å². The largest absolute Gasteiger partial charge is 0.494 e. The molecule has 11 heteroatoms. The number of ether oxygens (including phenoxy) is 1. The van der Waals surface area contributed by atoms with Crippen molar-refractivity contribution in [2.24, 2.45) is 0 Å². The highest BCUT2D eigenvalue weighted by Crippen LogP contribution is 2.28. The van der Waals surface area contributed by atoms with Crippen LogP contribution in [0.15, 0.2) is 108 Å². The van der Waals surface area contributed by atoms with E-state index in [-0.39, 0.29) is 34.5 Å². The van der Waals surface area contributed by atoms with Crippen molar-refractivity contribution in [1.29, 1.82) is 0 Å². The number of hydrogen-bond donors (Lipinski definition) is 1. The van der Waals surface area contributed by atoms with E-state index in [0.29, 0.717) is 22.9 Å². The molecule has 4 aromatic rings. The van der Waals surface area contributed by atoms with Gasteiger partial charge in [-0.1, -0.05) is 77.8 Å². The summed E-state index contributed by atoms with van der Waals surface area (Å²) in [4.78, 5) is 30.0. The van der Waals surface area contributed by atoms with Gasteiger partial charge in [0.25, 0.3) is 10.0 Å². The van der Waals surface area contributed by atoms with E-state index >= 15 is 0 Å². The number of sulfonamides is 1. The summed E-state index contributed by atoms with van der Waals surface area (Å²) in [5.74, 6) is -0.412. The molecule has 0 heterocycles. The zero-order valence-corrected chi connectivity index (χ0v) is 29.1. The molecule has 8 nitrogen and oxygen atoms in total. The third kappa shape index (κ3) is 9.73. The topological polar surface area (TPSA) is 96.0 Å². The molecule has 0 spiro atoms. The van der Waals surface area contributed by atoms with Gasteiger partial charge < -0.3 is 15.0 Å². The normalized spacial score (nSPS) is 12.2. The average molecular weight is 697 g/mol. The zero-order chi connectivity index (χ0) is 34.2. The Labute approximate surface area is 287 Å². The monoisotopic (exact) mass is 695 g/mol. The van der Waals surface area contributed by atoms with Crippen LogP contribution in [0, 0.1) is 0 Å². The van der Waals surface area contributed by atoms with Crippen molar-refractivity contribution in [2.45, 2.75) is 57.1 Å². The van der Waals surface area contributed by atoms with Crippen molar-refractivity contribution in [1.82, 2.24) is 10.2 Å². The summed E-state index contributed by atoms with van der Waals surface area (Å²) in [5, 5.41) is 3.65. The van der Waals surface area contributed by atoms with Gasteiger partial charge in [0.15, 0.2) is 0 Å². The fourth-order valence-corrected chi connectivity index (χ4v) is 6.72. The quantitative estimate of drug-likeness (QED) is 0.160. The molecule has 0 saturated heterocycles. The molecule has 0 aromatic heterocycles. The highest BCUT2D eigenvalue weighted by Gasteiger charge is 2.35. The van der Waals surface area contributed by atoms with Crippen molar-refractivity contribution >= 4 is 50.7 Å². The predicted molar refractivity (Wildman–Crippen MR) is 187 cm³/mol. The number of rotatable bonds is 13. The molecule has 1 N–H and O–H groups in total. The molecular weight excluding hydrogens is 657 g/mol. The van der Waals surface area contributed by atoms with Crippen LogP contribution in [0.2, 0.25) is 10.0 Å². The molecular formula is C36H39Cl2N3O5S. The first-order valence-corrected chi connectivity index (χ1v) is 17.4. The first kappa shape index (κ1) is 35.8. The van der Waals surface area contributed by atoms with E-state index in [1.165, 1.54) is 17.0 Å². The molecule has 0 fully saturated rings. The number of hydrogen-bond acceptors (Lipinski definition) is 5. The summed E-state index contributed by atoms with van der Waals surface area (Å²) in [6.07, 6.45) is 0.185. The summed E-state index contributed by atoms with van der Waals surface area (Å²) in [6, 6.07) is 27.7. The Kier molecular flexibility index (Phi) is 12.0. The lowest BCUT2D eigenvalue weighted by Gasteiger charge is -2.35. The Hall–Kier alpha value is -4.05. The third-order valence-electron chi connectivity index (χ3n) is 7.15. The maximum absolute atomic E-state index is 14.6. The number of nitrogens with one attached hydrogen (secondary N) is 1. The van der Waals surface area contributed by atoms with E-state index < -0.39 is 34.1 Å². The fourth-order valence-electron chi connectivity index (χ4n) is 4.97. The van der Waals surface area contributed by atoms with E-state index in [9.17, 15) is 18.0 Å². The van der Waals surface area contributed by atoms with Gasteiger partial charge in [0.05, 0.1) is 27.2 Å². The lowest BCUT2D eigenvalue weighted by atomic mass is 10.0. The number of halogens is 2. The number of benzene rings is 4. The van der Waals surface area contributed by atoms with Crippen molar-refractivity contribution in [2.75, 3.05) is 17.5 Å². The zero-order valence-electron chi connectivity index (χ0n) is 26.8. The van der Waals surface area contributed by atoms with Crippen molar-refractivity contribution in [3.63, 3.8) is 0 Å². The van der Waals surface area contributed by atoms with Gasteiger partial charge in [0.1, 0.15) is 18.3 Å². The number of nitrogens with zero attached hydrogens (tertiary/aromatic N) is 2. The average Bonchev–Trinajstić information content (AvgIpc) is 3.03. The molecule has 0 saturated carbocycles. The summed E-state index contributed by atoms with van der Waals surface area (Å²) >= 11 is 12.5. The van der Waals surface area contributed by atoms with Crippen LogP contribution >= 0.6 is 23.2 Å². The van der Waals surface area contributed by atoms with Crippen LogP contribution in [0.25, 0.3) is 0 Å². The van der Waals surface area contributed by atoms with Crippen LogP contribution in [0.3, 0.4) is 0 Å². The molecule has 0 unspecified atom stereocenters. The number of amides is 2. The lowest BCUT2D eigenvalue weighted by Crippen LogP contribution is -2.56. The molecule has 47 heavy (non-hydrogen) atoms. The molecule has 1 atom stereocenters. The van der Waals surface area contributed by atoms with Crippen molar-refractivity contribution < 1.29 is 22.7 Å². The third-order valence-corrected chi connectivity index (χ3v) is 9.68. The molecule has 0 aliphatic rings. The molecule has 0 aliphatic carbocycles. The molecule has 4 aromatic carbocycles. The van der Waals surface area contributed by atoms with Crippen molar-refractivity contribution in [3.05, 3.63) is 124 Å². The van der Waals surface area contributed by atoms with Gasteiger partial charge in [-0.3, -0.25) is 13.9 Å². The van der Waals surface area contributed by atoms with Gasteiger partial charge in [0, 0.05) is 18.5 Å². The second kappa shape index (κ2) is 15.7. The van der Waals surface area contributed by atoms with E-state index in [4.69, 9.17) is 27.9 Å². The minimum absolute atomic E-state index is 0.0176. The van der Waals surface area contributed by atoms with E-state index in [1.807, 2.05) is 58.0 Å². The van der Waals surface area contributed by atoms with Gasteiger partial charge in [0.2, 0.25) is 11.8 Å². The molecule has 0 radical (unpaired) electrons. The first-order valence-electron chi connectivity index (χ1n) is 15.2. The highest BCUT2D eigenvalue weighted by atomic mass is 35.5. The van der Waals surface area contributed by atoms with Gasteiger partial charge in [-0.2, -0.15) is 0 Å². The SMILES string of the molecule is CCOc1ccc(N(CC(=O)N(Cc2ccc(Cl)c(Cl)c2)[C@@H](Cc2ccccc2)C(=O)NC(C)(C)C)S(=O)(=O)c2ccccc2)cc1. The summed E-state index contributed by atoms with van der Waals surface area (Å²) < 4.78 is 34.9. The lowest BCUT2D eigenvalue weighted by molar-refractivity contribution is -0.140. The molecule has 0 aliphatic heterocycles. The molecule has 0 bridgehead atoms. The Bertz CT molecular complexity index is 1760. The second-order valence-electron chi connectivity index (χ2n) is 12.0. The predicted octanol–water partition coefficient (Wildman–Crippen LogP) is 7.14. The van der Waals surface area contributed by atoms with Gasteiger partial charge in [-0.15, -0.1) is 0 Å². The second-order valence-corrected chi connectivity index (χ2v) is 14.6. The van der Waals surface area contributed by atoms with Crippen molar-refractivity contribution in [3.8, 4) is 5.75 Å². The van der Waals surface area contributed by atoms with Crippen LogP contribution in [-0.2, 0) is 32.6 Å². The summed E-state index contributed by atoms with van der Waals surface area (Å²) in [5.41, 5.74) is 1.11. The standard InChI is InChI=1S/C36H39Cl2N3O5S/c1-5-46-29-19-17-28(18-20-29)41(47(44,45)30-14-10-7-11-15-30)25-34(42)40(24-27-16-21-31(37)32(38)22-27)33(35(43)39-36(2,3)4)23-26-12-8-6-9-13-26/h6-22,33H,5,23-25H2,1-4H3,(H,39,43)/t33-/m0/s1.